The number of benzene rings is 3. The molecule has 0 radical (unpaired) electrons. The van der Waals surface area contributed by atoms with Gasteiger partial charge < -0.3 is 4.74 Å². The van der Waals surface area contributed by atoms with Gasteiger partial charge in [0.1, 0.15) is 5.75 Å². The third-order valence-corrected chi connectivity index (χ3v) is 4.25. The molecule has 0 heterocycles. The van der Waals surface area contributed by atoms with Crippen LogP contribution in [0.2, 0.25) is 0 Å². The van der Waals surface area contributed by atoms with Crippen LogP contribution >= 0.6 is 22.6 Å². The number of hydrogen-bond donors (Lipinski definition) is 0. The van der Waals surface area contributed by atoms with Gasteiger partial charge in [0, 0.05) is 3.57 Å². The van der Waals surface area contributed by atoms with E-state index in [1.807, 2.05) is 36.4 Å². The van der Waals surface area contributed by atoms with Crippen molar-refractivity contribution in [3.05, 3.63) is 87.5 Å². The first-order valence-corrected chi connectivity index (χ1v) is 8.34. The van der Waals surface area contributed by atoms with Gasteiger partial charge in [0.05, 0.1) is 5.56 Å². The van der Waals surface area contributed by atoms with Gasteiger partial charge in [-0.15, -0.1) is 0 Å². The van der Waals surface area contributed by atoms with Crippen LogP contribution in [0, 0.1) is 10.5 Å². The average molecular weight is 414 g/mol. The Hall–Kier alpha value is -2.14. The third kappa shape index (κ3) is 3.99. The highest BCUT2D eigenvalue weighted by molar-refractivity contribution is 14.1. The zero-order chi connectivity index (χ0) is 16.2. The number of halogens is 1. The van der Waals surface area contributed by atoms with E-state index in [1.54, 1.807) is 12.1 Å². The zero-order valence-electron chi connectivity index (χ0n) is 12.6. The number of carbonyl (C=O) groups is 1. The molecule has 0 amide bonds. The highest BCUT2D eigenvalue weighted by Crippen LogP contribution is 2.23. The van der Waals surface area contributed by atoms with Crippen molar-refractivity contribution in [2.24, 2.45) is 0 Å². The minimum atomic E-state index is -0.343. The number of hydrogen-bond acceptors (Lipinski definition) is 2. The van der Waals surface area contributed by atoms with E-state index in [1.165, 1.54) is 5.56 Å². The molecule has 0 saturated carbocycles. The molecule has 0 bridgehead atoms. The van der Waals surface area contributed by atoms with Crippen LogP contribution in [-0.2, 0) is 0 Å². The molecular formula is C20H15IO2. The molecule has 3 rings (SSSR count). The lowest BCUT2D eigenvalue weighted by Gasteiger charge is -2.06. The van der Waals surface area contributed by atoms with Crippen LogP contribution < -0.4 is 4.74 Å². The van der Waals surface area contributed by atoms with Crippen LogP contribution in [0.1, 0.15) is 15.9 Å². The summed E-state index contributed by atoms with van der Waals surface area (Å²) in [7, 11) is 0. The van der Waals surface area contributed by atoms with Gasteiger partial charge in [0.15, 0.2) is 0 Å². The van der Waals surface area contributed by atoms with Crippen molar-refractivity contribution in [2.45, 2.75) is 6.92 Å². The molecule has 0 unspecified atom stereocenters. The maximum absolute atomic E-state index is 12.1. The zero-order valence-corrected chi connectivity index (χ0v) is 14.8. The highest BCUT2D eigenvalue weighted by atomic mass is 127. The molecule has 2 nitrogen and oxygen atoms in total. The van der Waals surface area contributed by atoms with Crippen LogP contribution in [-0.4, -0.2) is 5.97 Å². The van der Waals surface area contributed by atoms with E-state index in [2.05, 4.69) is 53.8 Å². The highest BCUT2D eigenvalue weighted by Gasteiger charge is 2.08. The molecule has 0 aliphatic rings. The predicted molar refractivity (Wildman–Crippen MR) is 101 cm³/mol. The second-order valence-corrected chi connectivity index (χ2v) is 6.53. The van der Waals surface area contributed by atoms with Gasteiger partial charge in [-0.05, 0) is 77.0 Å². The van der Waals surface area contributed by atoms with E-state index in [4.69, 9.17) is 4.74 Å². The molecule has 0 aliphatic heterocycles. The smallest absolute Gasteiger partial charge is 0.343 e. The standard InChI is InChI=1S/C20H15IO2/c1-14-2-4-15(5-3-14)16-8-12-19(13-9-16)23-20(22)17-6-10-18(21)11-7-17/h2-13H,1H3. The van der Waals surface area contributed by atoms with Gasteiger partial charge >= 0.3 is 5.97 Å². The molecule has 0 aliphatic carbocycles. The molecule has 3 heteroatoms. The summed E-state index contributed by atoms with van der Waals surface area (Å²) in [6, 6.07) is 23.2. The first-order chi connectivity index (χ1) is 11.1. The van der Waals surface area contributed by atoms with Crippen molar-refractivity contribution in [1.29, 1.82) is 0 Å². The predicted octanol–water partition coefficient (Wildman–Crippen LogP) is 5.49. The van der Waals surface area contributed by atoms with Gasteiger partial charge in [-0.2, -0.15) is 0 Å². The summed E-state index contributed by atoms with van der Waals surface area (Å²) < 4.78 is 6.49. The topological polar surface area (TPSA) is 26.3 Å². The molecule has 3 aromatic carbocycles. The molecular weight excluding hydrogens is 399 g/mol. The van der Waals surface area contributed by atoms with Crippen LogP contribution in [0.4, 0.5) is 0 Å². The molecule has 0 N–H and O–H groups in total. The summed E-state index contributed by atoms with van der Waals surface area (Å²) in [5, 5.41) is 0. The van der Waals surface area contributed by atoms with Gasteiger partial charge in [-0.1, -0.05) is 42.0 Å². The third-order valence-electron chi connectivity index (χ3n) is 3.53. The molecule has 0 saturated heterocycles. The van der Waals surface area contributed by atoms with E-state index in [0.717, 1.165) is 14.7 Å². The minimum absolute atomic E-state index is 0.343. The van der Waals surface area contributed by atoms with E-state index in [-0.39, 0.29) is 5.97 Å². The quantitative estimate of drug-likeness (QED) is 0.322. The molecule has 3 aromatic rings. The van der Waals surface area contributed by atoms with Crippen molar-refractivity contribution in [1.82, 2.24) is 0 Å². The maximum atomic E-state index is 12.1. The van der Waals surface area contributed by atoms with Crippen molar-refractivity contribution < 1.29 is 9.53 Å². The van der Waals surface area contributed by atoms with Crippen molar-refractivity contribution in [3.63, 3.8) is 0 Å². The molecule has 0 atom stereocenters. The van der Waals surface area contributed by atoms with Gasteiger partial charge in [-0.3, -0.25) is 0 Å². The molecule has 114 valence electrons. The number of ether oxygens (including phenoxy) is 1. The Morgan fingerprint density at radius 3 is 1.87 bits per heavy atom. The van der Waals surface area contributed by atoms with Crippen molar-refractivity contribution in [3.8, 4) is 16.9 Å². The first kappa shape index (κ1) is 15.7. The fourth-order valence-electron chi connectivity index (χ4n) is 2.21. The van der Waals surface area contributed by atoms with E-state index in [9.17, 15) is 4.79 Å². The summed E-state index contributed by atoms with van der Waals surface area (Å²) in [6.07, 6.45) is 0. The number of aryl methyl sites for hydroxylation is 1. The van der Waals surface area contributed by atoms with E-state index >= 15 is 0 Å². The summed E-state index contributed by atoms with van der Waals surface area (Å²) in [6.45, 7) is 2.07. The fraction of sp³-hybridized carbons (Fsp3) is 0.0500. The minimum Gasteiger partial charge on any atom is -0.423 e. The monoisotopic (exact) mass is 414 g/mol. The van der Waals surface area contributed by atoms with Gasteiger partial charge in [0.25, 0.3) is 0 Å². The maximum Gasteiger partial charge on any atom is 0.343 e. The Morgan fingerprint density at radius 1 is 0.783 bits per heavy atom. The number of rotatable bonds is 3. The number of carbonyl (C=O) groups excluding carboxylic acids is 1. The second-order valence-electron chi connectivity index (χ2n) is 5.29. The normalized spacial score (nSPS) is 10.3. The van der Waals surface area contributed by atoms with Gasteiger partial charge in [-0.25, -0.2) is 4.79 Å². The molecule has 0 aromatic heterocycles. The Morgan fingerprint density at radius 2 is 1.30 bits per heavy atom. The van der Waals surface area contributed by atoms with E-state index < -0.39 is 0 Å². The largest absolute Gasteiger partial charge is 0.423 e. The van der Waals surface area contributed by atoms with Crippen LogP contribution in [0.15, 0.2) is 72.8 Å². The summed E-state index contributed by atoms with van der Waals surface area (Å²) in [4.78, 5) is 12.1. The summed E-state index contributed by atoms with van der Waals surface area (Å²) >= 11 is 2.20. The second kappa shape index (κ2) is 6.96. The Kier molecular flexibility index (Phi) is 4.76. The molecule has 0 fully saturated rings. The van der Waals surface area contributed by atoms with Crippen LogP contribution in [0.3, 0.4) is 0 Å². The van der Waals surface area contributed by atoms with Crippen molar-refractivity contribution in [2.75, 3.05) is 0 Å². The Balaban J connectivity index is 1.73. The SMILES string of the molecule is Cc1ccc(-c2ccc(OC(=O)c3ccc(I)cc3)cc2)cc1. The van der Waals surface area contributed by atoms with Gasteiger partial charge in [0.2, 0.25) is 0 Å². The molecule has 23 heavy (non-hydrogen) atoms. The lowest BCUT2D eigenvalue weighted by Crippen LogP contribution is -2.08. The van der Waals surface area contributed by atoms with Crippen LogP contribution in [0.25, 0.3) is 11.1 Å². The average Bonchev–Trinajstić information content (AvgIpc) is 2.57. The number of esters is 1. The lowest BCUT2D eigenvalue weighted by atomic mass is 10.0. The Bertz CT molecular complexity index is 804. The van der Waals surface area contributed by atoms with Crippen LogP contribution in [0.5, 0.6) is 5.75 Å². The first-order valence-electron chi connectivity index (χ1n) is 7.27. The molecule has 0 spiro atoms. The van der Waals surface area contributed by atoms with E-state index in [0.29, 0.717) is 11.3 Å². The fourth-order valence-corrected chi connectivity index (χ4v) is 2.57. The summed E-state index contributed by atoms with van der Waals surface area (Å²) in [5.41, 5.74) is 4.02. The van der Waals surface area contributed by atoms with Crippen molar-refractivity contribution >= 4 is 28.6 Å². The lowest BCUT2D eigenvalue weighted by molar-refractivity contribution is 0.0735. The summed E-state index contributed by atoms with van der Waals surface area (Å²) in [5.74, 6) is 0.203. The Labute approximate surface area is 149 Å².